The lowest BCUT2D eigenvalue weighted by atomic mass is 9.84. The van der Waals surface area contributed by atoms with E-state index in [0.29, 0.717) is 12.8 Å². The Morgan fingerprint density at radius 3 is 2.02 bits per heavy atom. The summed E-state index contributed by atoms with van der Waals surface area (Å²) in [5.41, 5.74) is 6.15. The van der Waals surface area contributed by atoms with Crippen LogP contribution in [0.15, 0.2) is 78.9 Å². The Labute approximate surface area is 248 Å². The predicted octanol–water partition coefficient (Wildman–Crippen LogP) is 4.88. The summed E-state index contributed by atoms with van der Waals surface area (Å²) in [5.74, 6) is -3.26. The normalized spacial score (nSPS) is 14.3. The molecule has 0 saturated heterocycles. The Bertz CT molecular complexity index is 1340. The van der Waals surface area contributed by atoms with Crippen LogP contribution in [0.1, 0.15) is 63.3 Å². The van der Waals surface area contributed by atoms with Crippen molar-refractivity contribution in [3.8, 4) is 11.1 Å². The molecule has 0 spiro atoms. The van der Waals surface area contributed by atoms with E-state index < -0.39 is 35.3 Å². The number of rotatable bonds is 12. The molecule has 0 aliphatic heterocycles. The second-order valence-corrected chi connectivity index (χ2v) is 11.9. The number of hydroxylamine groups is 1. The zero-order valence-electron chi connectivity index (χ0n) is 25.1. The molecule has 3 amide bonds. The van der Waals surface area contributed by atoms with Crippen molar-refractivity contribution in [3.05, 3.63) is 95.6 Å². The minimum atomic E-state index is -1.79. The lowest BCUT2D eigenvalue weighted by Crippen LogP contribution is -2.56. The Hall–Kier alpha value is -4.01. The van der Waals surface area contributed by atoms with Crippen LogP contribution in [-0.4, -0.2) is 40.2 Å². The number of hydrogen-bond acceptors (Lipinski definition) is 5. The minimum absolute atomic E-state index is 0.165. The molecule has 3 aromatic carbocycles. The lowest BCUT2D eigenvalue weighted by molar-refractivity contribution is -0.147. The highest BCUT2D eigenvalue weighted by molar-refractivity contribution is 5.92. The molecule has 0 aliphatic carbocycles. The van der Waals surface area contributed by atoms with Crippen LogP contribution in [0, 0.1) is 18.3 Å². The van der Waals surface area contributed by atoms with Crippen molar-refractivity contribution in [2.45, 2.75) is 72.1 Å². The molecule has 0 fully saturated rings. The van der Waals surface area contributed by atoms with Gasteiger partial charge in [-0.15, -0.1) is 0 Å². The van der Waals surface area contributed by atoms with Gasteiger partial charge in [0.1, 0.15) is 12.1 Å². The van der Waals surface area contributed by atoms with Gasteiger partial charge in [-0.2, -0.15) is 0 Å². The summed E-state index contributed by atoms with van der Waals surface area (Å²) in [4.78, 5) is 39.0. The van der Waals surface area contributed by atoms with Crippen LogP contribution < -0.4 is 16.1 Å². The maximum Gasteiger partial charge on any atom is 0.272 e. The molecule has 8 nitrogen and oxygen atoms in total. The molecule has 3 aromatic rings. The molecule has 42 heavy (non-hydrogen) atoms. The third-order valence-corrected chi connectivity index (χ3v) is 7.53. The van der Waals surface area contributed by atoms with E-state index in [-0.39, 0.29) is 18.4 Å². The van der Waals surface area contributed by atoms with Gasteiger partial charge in [-0.3, -0.25) is 19.6 Å². The van der Waals surface area contributed by atoms with Crippen molar-refractivity contribution in [3.63, 3.8) is 0 Å². The maximum absolute atomic E-state index is 13.5. The smallest absolute Gasteiger partial charge is 0.272 e. The fourth-order valence-corrected chi connectivity index (χ4v) is 5.08. The first-order valence-corrected chi connectivity index (χ1v) is 14.3. The third-order valence-electron chi connectivity index (χ3n) is 7.53. The highest BCUT2D eigenvalue weighted by atomic mass is 16.5. The van der Waals surface area contributed by atoms with Gasteiger partial charge in [0, 0.05) is 0 Å². The fourth-order valence-electron chi connectivity index (χ4n) is 5.08. The van der Waals surface area contributed by atoms with Crippen LogP contribution in [0.2, 0.25) is 0 Å². The maximum atomic E-state index is 13.5. The molecule has 0 radical (unpaired) electrons. The highest BCUT2D eigenvalue weighted by Crippen LogP contribution is 2.26. The van der Waals surface area contributed by atoms with E-state index in [1.54, 1.807) is 0 Å². The van der Waals surface area contributed by atoms with Crippen molar-refractivity contribution in [2.75, 3.05) is 0 Å². The Morgan fingerprint density at radius 2 is 1.45 bits per heavy atom. The molecular weight excluding hydrogens is 530 g/mol. The Kier molecular flexibility index (Phi) is 11.4. The largest absolute Gasteiger partial charge is 0.382 e. The second kappa shape index (κ2) is 14.8. The van der Waals surface area contributed by atoms with Crippen molar-refractivity contribution < 1.29 is 24.7 Å². The van der Waals surface area contributed by atoms with Gasteiger partial charge in [-0.25, -0.2) is 5.48 Å². The highest BCUT2D eigenvalue weighted by Gasteiger charge is 2.38. The van der Waals surface area contributed by atoms with E-state index >= 15 is 0 Å². The average Bonchev–Trinajstić information content (AvgIpc) is 2.97. The number of aliphatic hydroxyl groups excluding tert-OH is 1. The van der Waals surface area contributed by atoms with E-state index in [4.69, 9.17) is 5.21 Å². The summed E-state index contributed by atoms with van der Waals surface area (Å²) in [6, 6.07) is 24.6. The summed E-state index contributed by atoms with van der Waals surface area (Å²) in [6.45, 7) is 9.41. The number of carbonyl (C=O) groups excluding carboxylic acids is 3. The topological polar surface area (TPSA) is 128 Å². The SMILES string of the molecule is Cc1cc(CCC[C@@H](C(=O)N[C@H](C(=O)NC(C)c2ccccc2)C(C)(C)C)C(O)C(=O)NO)ccc1-c1ccccc1. The molecule has 0 aromatic heterocycles. The Balaban J connectivity index is 1.71. The van der Waals surface area contributed by atoms with E-state index in [1.807, 2.05) is 89.2 Å². The van der Waals surface area contributed by atoms with Gasteiger partial charge in [0.15, 0.2) is 0 Å². The standard InChI is InChI=1S/C34H43N3O5/c1-22-21-24(19-20-27(22)26-16-10-7-11-17-26)13-12-18-28(29(38)32(40)37-42)31(39)36-30(34(3,4)5)33(41)35-23(2)25-14-8-6-9-15-25/h6-11,14-17,19-21,23,28-30,38,42H,12-13,18H2,1-5H3,(H,35,41)(H,36,39)(H,37,40)/t23?,28-,29?,30-/m1/s1. The van der Waals surface area contributed by atoms with Gasteiger partial charge in [-0.1, -0.05) is 99.6 Å². The number of nitrogens with one attached hydrogen (secondary N) is 3. The van der Waals surface area contributed by atoms with Gasteiger partial charge in [-0.05, 0) is 66.3 Å². The summed E-state index contributed by atoms with van der Waals surface area (Å²) in [6.07, 6.45) is -0.511. The van der Waals surface area contributed by atoms with Crippen LogP contribution in [-0.2, 0) is 20.8 Å². The molecule has 3 rings (SSSR count). The number of hydrogen-bond donors (Lipinski definition) is 5. The molecule has 0 aliphatic rings. The van der Waals surface area contributed by atoms with Crippen molar-refractivity contribution in [1.29, 1.82) is 0 Å². The molecule has 4 atom stereocenters. The molecular formula is C34H43N3O5. The first-order chi connectivity index (χ1) is 19.9. The quantitative estimate of drug-likeness (QED) is 0.156. The first-order valence-electron chi connectivity index (χ1n) is 14.3. The predicted molar refractivity (Wildman–Crippen MR) is 163 cm³/mol. The van der Waals surface area contributed by atoms with Crippen molar-refractivity contribution in [1.82, 2.24) is 16.1 Å². The average molecular weight is 574 g/mol. The van der Waals surface area contributed by atoms with Crippen LogP contribution in [0.3, 0.4) is 0 Å². The van der Waals surface area contributed by atoms with Crippen LogP contribution >= 0.6 is 0 Å². The first kappa shape index (κ1) is 32.5. The van der Waals surface area contributed by atoms with E-state index in [0.717, 1.165) is 27.8 Å². The molecule has 224 valence electrons. The summed E-state index contributed by atoms with van der Waals surface area (Å²) < 4.78 is 0. The van der Waals surface area contributed by atoms with Gasteiger partial charge < -0.3 is 15.7 Å². The molecule has 8 heteroatoms. The molecule has 0 heterocycles. The minimum Gasteiger partial charge on any atom is -0.382 e. The van der Waals surface area contributed by atoms with Crippen LogP contribution in [0.25, 0.3) is 11.1 Å². The fraction of sp³-hybridized carbons (Fsp3) is 0.382. The van der Waals surface area contributed by atoms with Gasteiger partial charge in [0.2, 0.25) is 11.8 Å². The lowest BCUT2D eigenvalue weighted by Gasteiger charge is -2.33. The van der Waals surface area contributed by atoms with Crippen molar-refractivity contribution in [2.24, 2.45) is 11.3 Å². The van der Waals surface area contributed by atoms with Gasteiger partial charge in [0.25, 0.3) is 5.91 Å². The van der Waals surface area contributed by atoms with E-state index in [9.17, 15) is 19.5 Å². The van der Waals surface area contributed by atoms with Crippen LogP contribution in [0.5, 0.6) is 0 Å². The second-order valence-electron chi connectivity index (χ2n) is 11.9. The van der Waals surface area contributed by atoms with Crippen LogP contribution in [0.4, 0.5) is 0 Å². The third kappa shape index (κ3) is 8.74. The summed E-state index contributed by atoms with van der Waals surface area (Å²) >= 11 is 0. The van der Waals surface area contributed by atoms with Gasteiger partial charge >= 0.3 is 0 Å². The molecule has 5 N–H and O–H groups in total. The van der Waals surface area contributed by atoms with Gasteiger partial charge in [0.05, 0.1) is 12.0 Å². The molecule has 0 bridgehead atoms. The number of benzene rings is 3. The molecule has 0 saturated carbocycles. The van der Waals surface area contributed by atoms with E-state index in [2.05, 4.69) is 34.9 Å². The number of amides is 3. The Morgan fingerprint density at radius 1 is 0.833 bits per heavy atom. The van der Waals surface area contributed by atoms with E-state index in [1.165, 1.54) is 5.48 Å². The zero-order chi connectivity index (χ0) is 30.9. The molecule has 2 unspecified atom stereocenters. The number of aryl methyl sites for hydroxylation is 2. The summed E-state index contributed by atoms with van der Waals surface area (Å²) in [5, 5.41) is 25.6. The summed E-state index contributed by atoms with van der Waals surface area (Å²) in [7, 11) is 0. The number of carbonyl (C=O) groups is 3. The number of aliphatic hydroxyl groups is 1. The monoisotopic (exact) mass is 573 g/mol. The zero-order valence-corrected chi connectivity index (χ0v) is 25.1. The van der Waals surface area contributed by atoms with Crippen molar-refractivity contribution >= 4 is 17.7 Å².